The monoisotopic (exact) mass is 507 g/mol. The summed E-state index contributed by atoms with van der Waals surface area (Å²) in [4.78, 5) is 48.3. The number of esters is 4. The highest BCUT2D eigenvalue weighted by Crippen LogP contribution is 2.30. The van der Waals surface area contributed by atoms with E-state index >= 15 is 0 Å². The predicted octanol–water partition coefficient (Wildman–Crippen LogP) is 4.12. The van der Waals surface area contributed by atoms with E-state index in [0.29, 0.717) is 30.2 Å². The smallest absolute Gasteiger partial charge is 0.323 e. The maximum absolute atomic E-state index is 12.4. The third-order valence-corrected chi connectivity index (χ3v) is 5.15. The van der Waals surface area contributed by atoms with E-state index in [1.165, 1.54) is 12.1 Å². The normalized spacial score (nSPS) is 12.7. The van der Waals surface area contributed by atoms with E-state index in [0.717, 1.165) is 0 Å². The van der Waals surface area contributed by atoms with E-state index in [1.54, 1.807) is 19.9 Å². The second-order valence-corrected chi connectivity index (χ2v) is 9.69. The van der Waals surface area contributed by atoms with Crippen LogP contribution in [-0.4, -0.2) is 42.6 Å². The van der Waals surface area contributed by atoms with Crippen LogP contribution in [0, 0.1) is 11.8 Å². The maximum atomic E-state index is 12.4. The van der Waals surface area contributed by atoms with E-state index in [-0.39, 0.29) is 49.8 Å². The maximum Gasteiger partial charge on any atom is 0.323 e. The van der Waals surface area contributed by atoms with Gasteiger partial charge < -0.3 is 24.7 Å². The second-order valence-electron chi connectivity index (χ2n) is 9.69. The molecule has 0 bridgehead atoms. The number of carbonyl (C=O) groups is 4. The lowest BCUT2D eigenvalue weighted by molar-refractivity contribution is -0.158. The van der Waals surface area contributed by atoms with E-state index < -0.39 is 30.1 Å². The zero-order valence-corrected chi connectivity index (χ0v) is 22.3. The summed E-state index contributed by atoms with van der Waals surface area (Å²) in [5.41, 5.74) is 6.60. The van der Waals surface area contributed by atoms with Crippen molar-refractivity contribution >= 4 is 23.9 Å². The zero-order valence-electron chi connectivity index (χ0n) is 22.3. The Morgan fingerprint density at radius 1 is 0.833 bits per heavy atom. The van der Waals surface area contributed by atoms with Gasteiger partial charge in [0.25, 0.3) is 0 Å². The van der Waals surface area contributed by atoms with Gasteiger partial charge in [0.15, 0.2) is 11.5 Å². The topological polar surface area (TPSA) is 131 Å². The van der Waals surface area contributed by atoms with Crippen LogP contribution >= 0.6 is 0 Å². The van der Waals surface area contributed by atoms with E-state index in [2.05, 4.69) is 0 Å². The SMILES string of the molecule is CCC(=O)O[C@@H](C)COC(=O)[C@@H](N)Cc1ccc(OC(=O)CCC(C)C)c(OC(=O)CCC(C)C)c1. The molecule has 0 aliphatic carbocycles. The average molecular weight is 508 g/mol. The first-order chi connectivity index (χ1) is 16.9. The molecule has 0 unspecified atom stereocenters. The Balaban J connectivity index is 2.89. The number of hydrogen-bond acceptors (Lipinski definition) is 9. The number of hydrogen-bond donors (Lipinski definition) is 1. The van der Waals surface area contributed by atoms with Gasteiger partial charge in [0.1, 0.15) is 18.8 Å². The standard InChI is InChI=1S/C27H41NO8/c1-7-24(29)34-19(6)16-33-27(32)21(28)14-20-10-11-22(35-25(30)12-8-17(2)3)23(15-20)36-26(31)13-9-18(4)5/h10-11,15,17-19,21H,7-9,12-14,16,28H2,1-6H3/t19-,21-/m0/s1. The van der Waals surface area contributed by atoms with Crippen molar-refractivity contribution < 1.29 is 38.1 Å². The highest BCUT2D eigenvalue weighted by atomic mass is 16.6. The van der Waals surface area contributed by atoms with Crippen LogP contribution < -0.4 is 15.2 Å². The first-order valence-electron chi connectivity index (χ1n) is 12.6. The summed E-state index contributed by atoms with van der Waals surface area (Å²) in [7, 11) is 0. The van der Waals surface area contributed by atoms with Gasteiger partial charge in [-0.25, -0.2) is 0 Å². The van der Waals surface area contributed by atoms with Gasteiger partial charge >= 0.3 is 23.9 Å². The highest BCUT2D eigenvalue weighted by molar-refractivity contribution is 5.77. The molecule has 0 aromatic heterocycles. The van der Waals surface area contributed by atoms with Crippen molar-refractivity contribution in [1.82, 2.24) is 0 Å². The molecule has 0 aliphatic rings. The molecule has 0 fully saturated rings. The first-order valence-corrected chi connectivity index (χ1v) is 12.6. The molecule has 2 N–H and O–H groups in total. The molecule has 0 amide bonds. The molecule has 1 aromatic rings. The van der Waals surface area contributed by atoms with Crippen molar-refractivity contribution in [1.29, 1.82) is 0 Å². The van der Waals surface area contributed by atoms with Gasteiger partial charge in [-0.1, -0.05) is 40.7 Å². The van der Waals surface area contributed by atoms with Gasteiger partial charge in [0.05, 0.1) is 0 Å². The summed E-state index contributed by atoms with van der Waals surface area (Å²) in [5, 5.41) is 0. The van der Waals surface area contributed by atoms with Gasteiger partial charge in [-0.15, -0.1) is 0 Å². The predicted molar refractivity (Wildman–Crippen MR) is 134 cm³/mol. The van der Waals surface area contributed by atoms with Crippen LogP contribution in [0.2, 0.25) is 0 Å². The van der Waals surface area contributed by atoms with Crippen LogP contribution in [0.4, 0.5) is 0 Å². The molecule has 36 heavy (non-hydrogen) atoms. The number of ether oxygens (including phenoxy) is 4. The zero-order chi connectivity index (χ0) is 27.3. The molecule has 0 heterocycles. The van der Waals surface area contributed by atoms with Crippen molar-refractivity contribution in [2.24, 2.45) is 17.6 Å². The summed E-state index contributed by atoms with van der Waals surface area (Å²) in [6, 6.07) is 3.72. The van der Waals surface area contributed by atoms with Crippen LogP contribution in [0.1, 0.15) is 79.2 Å². The number of benzene rings is 1. The third-order valence-electron chi connectivity index (χ3n) is 5.15. The molecule has 0 saturated heterocycles. The largest absolute Gasteiger partial charge is 0.461 e. The minimum Gasteiger partial charge on any atom is -0.461 e. The Kier molecular flexibility index (Phi) is 13.8. The van der Waals surface area contributed by atoms with Gasteiger partial charge in [0.2, 0.25) is 0 Å². The van der Waals surface area contributed by atoms with Gasteiger partial charge in [-0.3, -0.25) is 19.2 Å². The van der Waals surface area contributed by atoms with Crippen LogP contribution in [0.15, 0.2) is 18.2 Å². The summed E-state index contributed by atoms with van der Waals surface area (Å²) in [5.74, 6) is -1.01. The molecule has 1 aromatic carbocycles. The molecule has 0 saturated carbocycles. The minimum atomic E-state index is -0.997. The Bertz CT molecular complexity index is 881. The molecular weight excluding hydrogens is 466 g/mol. The quantitative estimate of drug-likeness (QED) is 0.275. The van der Waals surface area contributed by atoms with Crippen molar-refractivity contribution in [2.45, 2.75) is 92.2 Å². The highest BCUT2D eigenvalue weighted by Gasteiger charge is 2.21. The van der Waals surface area contributed by atoms with Crippen molar-refractivity contribution in [3.05, 3.63) is 23.8 Å². The number of nitrogens with two attached hydrogens (primary N) is 1. The fourth-order valence-electron chi connectivity index (χ4n) is 2.99. The molecule has 0 radical (unpaired) electrons. The molecular formula is C27H41NO8. The fraction of sp³-hybridized carbons (Fsp3) is 0.630. The van der Waals surface area contributed by atoms with E-state index in [4.69, 9.17) is 24.7 Å². The van der Waals surface area contributed by atoms with E-state index in [9.17, 15) is 19.2 Å². The lowest BCUT2D eigenvalue weighted by Crippen LogP contribution is -2.36. The molecule has 0 spiro atoms. The Labute approximate surface area is 214 Å². The Morgan fingerprint density at radius 3 is 1.92 bits per heavy atom. The summed E-state index contributed by atoms with van der Waals surface area (Å²) < 4.78 is 21.2. The Hall–Kier alpha value is -2.94. The van der Waals surface area contributed by atoms with E-state index in [1.807, 2.05) is 27.7 Å². The molecule has 202 valence electrons. The summed E-state index contributed by atoms with van der Waals surface area (Å²) in [6.45, 7) is 11.2. The van der Waals surface area contributed by atoms with Gasteiger partial charge in [-0.2, -0.15) is 0 Å². The molecule has 0 aliphatic heterocycles. The van der Waals surface area contributed by atoms with Crippen molar-refractivity contribution in [3.8, 4) is 11.5 Å². The molecule has 9 nitrogen and oxygen atoms in total. The Morgan fingerprint density at radius 2 is 1.39 bits per heavy atom. The molecule has 1 rings (SSSR count). The van der Waals surface area contributed by atoms with Crippen LogP contribution in [0.25, 0.3) is 0 Å². The van der Waals surface area contributed by atoms with Crippen LogP contribution in [0.5, 0.6) is 11.5 Å². The summed E-state index contributed by atoms with van der Waals surface area (Å²) in [6.07, 6.45) is 1.53. The van der Waals surface area contributed by atoms with Gasteiger partial charge in [0, 0.05) is 19.3 Å². The van der Waals surface area contributed by atoms with Gasteiger partial charge in [-0.05, 0) is 55.7 Å². The number of rotatable bonds is 15. The first kappa shape index (κ1) is 31.1. The lowest BCUT2D eigenvalue weighted by atomic mass is 10.1. The summed E-state index contributed by atoms with van der Waals surface area (Å²) >= 11 is 0. The second kappa shape index (κ2) is 15.9. The van der Waals surface area contributed by atoms with Crippen molar-refractivity contribution in [2.75, 3.05) is 6.61 Å². The minimum absolute atomic E-state index is 0.0971. The molecule has 2 atom stereocenters. The fourth-order valence-corrected chi connectivity index (χ4v) is 2.99. The molecule has 9 heteroatoms. The van der Waals surface area contributed by atoms with Crippen LogP contribution in [-0.2, 0) is 35.1 Å². The third kappa shape index (κ3) is 12.7. The van der Waals surface area contributed by atoms with Crippen LogP contribution in [0.3, 0.4) is 0 Å². The lowest BCUT2D eigenvalue weighted by Gasteiger charge is -2.17. The number of carbonyl (C=O) groups excluding carboxylic acids is 4. The van der Waals surface area contributed by atoms with Crippen molar-refractivity contribution in [3.63, 3.8) is 0 Å². The average Bonchev–Trinajstić information content (AvgIpc) is 2.81.